The highest BCUT2D eigenvalue weighted by Crippen LogP contribution is 2.39. The van der Waals surface area contributed by atoms with Crippen LogP contribution < -0.4 is 30.7 Å². The van der Waals surface area contributed by atoms with Gasteiger partial charge in [-0.3, -0.25) is 0 Å². The Hall–Kier alpha value is -13.6. The number of pyridine rings is 2. The van der Waals surface area contributed by atoms with E-state index in [1.54, 1.807) is 19.7 Å². The molecule has 1 aliphatic rings. The Kier molecular flexibility index (Phi) is 25.8. The predicted molar refractivity (Wildman–Crippen MR) is 449 cm³/mol. The van der Waals surface area contributed by atoms with E-state index in [-0.39, 0.29) is 19.8 Å². The van der Waals surface area contributed by atoms with Crippen molar-refractivity contribution in [3.8, 4) is 114 Å². The van der Waals surface area contributed by atoms with Gasteiger partial charge in [-0.25, -0.2) is 43.5 Å². The first-order valence-corrected chi connectivity index (χ1v) is 38.6. The molecule has 8 aromatic heterocycles. The van der Waals surface area contributed by atoms with Gasteiger partial charge in [0.1, 0.15) is 31.2 Å². The standard InChI is InChI=1S/C26H22N6O2.C22H23N5O.C22H22N4O.C21H21N5O/c1-2-8-29-15-17-11-19(13-27)26-30-25(31-32(26)16-17)21-5-3-4-20(22(21)14-28)18-6-7-23-24(12-18)34-10-9-33-23;1-15-19(17-7-4-3-5-8-17)9-6-10-20(15)22-25-21-13-18(14-23-11-12-28)24-16(2)27(21)26-22;1-16-19(18-6-3-2-4-7-18)8-5-9-20(16)22-24-21-11-10-17(14-23-12-13-27)15-26(21)25-22;1-15-18(16-6-3-2-4-7-16)8-5-9-19(15)20-14-26-21(24-20)23-13-17(25-26)12-22-10-11-27/h3-7,11-12,16,29H,2,8-10,15H2,1H3;3-10,13,23,28H,11-12,14H2,1-2H3;2-11,15,23,27H,12-14H2,1H3;2-9,13-14,22,27H,10-12H2,1H3. The van der Waals surface area contributed by atoms with Gasteiger partial charge < -0.3 is 46.1 Å². The molecular weight excluding hydrogens is 1450 g/mol. The Morgan fingerprint density at radius 1 is 0.414 bits per heavy atom. The first-order valence-electron chi connectivity index (χ1n) is 38.6. The van der Waals surface area contributed by atoms with Crippen LogP contribution in [0.15, 0.2) is 231 Å². The molecule has 0 fully saturated rings. The molecule has 0 atom stereocenters. The van der Waals surface area contributed by atoms with Crippen molar-refractivity contribution >= 4 is 22.7 Å². The fraction of sp³-hybridized carbons (Fsp3) is 0.209. The van der Waals surface area contributed by atoms with Gasteiger partial charge in [0, 0.05) is 92.1 Å². The Balaban J connectivity index is 0.000000128. The lowest BCUT2D eigenvalue weighted by molar-refractivity contribution is 0.171. The molecule has 0 amide bonds. The lowest BCUT2D eigenvalue weighted by atomic mass is 9.95. The van der Waals surface area contributed by atoms with E-state index in [4.69, 9.17) is 45.0 Å². The van der Waals surface area contributed by atoms with Crippen molar-refractivity contribution in [2.24, 2.45) is 0 Å². The molecule has 17 rings (SSSR count). The number of ether oxygens (including phenoxy) is 2. The number of nitrogens with zero attached hydrogens (tertiary/aromatic N) is 16. The molecule has 0 saturated carbocycles. The summed E-state index contributed by atoms with van der Waals surface area (Å²) >= 11 is 0. The molecule has 0 spiro atoms. The Morgan fingerprint density at radius 3 is 1.56 bits per heavy atom. The van der Waals surface area contributed by atoms with Crippen molar-refractivity contribution in [3.63, 3.8) is 0 Å². The van der Waals surface area contributed by atoms with Gasteiger partial charge in [-0.15, -0.1) is 15.3 Å². The minimum absolute atomic E-state index is 0.0991. The maximum Gasteiger partial charge on any atom is 0.251 e. The van der Waals surface area contributed by atoms with Crippen LogP contribution in [0, 0.1) is 50.4 Å². The van der Waals surface area contributed by atoms with Gasteiger partial charge in [0.25, 0.3) is 5.78 Å². The number of imidazole rings is 1. The number of nitrogens with one attached hydrogen (secondary N) is 4. The SMILES string of the molecule is CCCNCc1cc(C#N)c2nc(-c3cccc(-c4ccc5c(c4)OCCO5)c3C#N)nn2c1.Cc1c(-c2ccccc2)cccc1-c1cn2nc(CNCCO)cnc2n1.Cc1c(-c2ccccc2)cccc1-c1nc2cc(CNCCO)nc(C)n2n1.Cc1c(-c2ccccc2)cccc1-c1nc2ccc(CNCCO)cn2n1. The van der Waals surface area contributed by atoms with E-state index in [1.165, 1.54) is 44.5 Å². The summed E-state index contributed by atoms with van der Waals surface area (Å²) in [4.78, 5) is 27.7. The molecule has 7 N–H and O–H groups in total. The van der Waals surface area contributed by atoms with Crippen LogP contribution in [0.3, 0.4) is 0 Å². The summed E-state index contributed by atoms with van der Waals surface area (Å²) in [6.07, 6.45) is 8.49. The highest BCUT2D eigenvalue weighted by molar-refractivity contribution is 5.83. The zero-order valence-corrected chi connectivity index (χ0v) is 65.2. The number of fused-ring (bicyclic) bond motifs is 5. The number of nitriles is 2. The van der Waals surface area contributed by atoms with Crippen LogP contribution in [0.25, 0.3) is 113 Å². The number of benzene rings is 8. The molecule has 16 aromatic rings. The third kappa shape index (κ3) is 18.4. The van der Waals surface area contributed by atoms with Crippen LogP contribution in [0.4, 0.5) is 0 Å². The summed E-state index contributed by atoms with van der Waals surface area (Å²) in [6.45, 7) is 16.7. The molecule has 0 unspecified atom stereocenters. The van der Waals surface area contributed by atoms with Crippen LogP contribution in [0.5, 0.6) is 11.5 Å². The summed E-state index contributed by atoms with van der Waals surface area (Å²) in [5.74, 6) is 4.53. The Bertz CT molecular complexity index is 6000. The largest absolute Gasteiger partial charge is 0.486 e. The maximum atomic E-state index is 10.1. The van der Waals surface area contributed by atoms with E-state index >= 15 is 0 Å². The normalized spacial score (nSPS) is 11.5. The number of hydrogen-bond donors (Lipinski definition) is 7. The van der Waals surface area contributed by atoms with Crippen molar-refractivity contribution < 1.29 is 24.8 Å². The van der Waals surface area contributed by atoms with E-state index < -0.39 is 0 Å². The maximum absolute atomic E-state index is 10.1. The zero-order chi connectivity index (χ0) is 80.3. The second kappa shape index (κ2) is 37.8. The molecular formula is C91H88N20O5. The third-order valence-corrected chi connectivity index (χ3v) is 19.6. The molecule has 0 aliphatic carbocycles. The van der Waals surface area contributed by atoms with E-state index in [0.29, 0.717) is 110 Å². The number of aromatic nitrogens is 14. The summed E-state index contributed by atoms with van der Waals surface area (Å²) in [7, 11) is 0. The Morgan fingerprint density at radius 2 is 0.940 bits per heavy atom. The second-order valence-electron chi connectivity index (χ2n) is 27.6. The van der Waals surface area contributed by atoms with Gasteiger partial charge in [-0.2, -0.15) is 20.1 Å². The van der Waals surface area contributed by atoms with Crippen molar-refractivity contribution in [2.75, 3.05) is 59.2 Å². The van der Waals surface area contributed by atoms with Gasteiger partial charge in [0.15, 0.2) is 45.9 Å². The summed E-state index contributed by atoms with van der Waals surface area (Å²) < 4.78 is 18.3. The lowest BCUT2D eigenvalue weighted by Gasteiger charge is -2.19. The van der Waals surface area contributed by atoms with Crippen LogP contribution >= 0.6 is 0 Å². The molecule has 9 heterocycles. The molecule has 116 heavy (non-hydrogen) atoms. The summed E-state index contributed by atoms with van der Waals surface area (Å²) in [6, 6.07) is 73.4. The fourth-order valence-electron chi connectivity index (χ4n) is 13.9. The van der Waals surface area contributed by atoms with Crippen molar-refractivity contribution in [1.29, 1.82) is 10.5 Å². The average molecular weight is 1540 g/mol. The van der Waals surface area contributed by atoms with Gasteiger partial charge in [0.2, 0.25) is 0 Å². The molecule has 0 bridgehead atoms. The third-order valence-electron chi connectivity index (χ3n) is 19.6. The van der Waals surface area contributed by atoms with Crippen LogP contribution in [-0.2, 0) is 26.2 Å². The summed E-state index contributed by atoms with van der Waals surface area (Å²) in [5.41, 5.74) is 23.5. The minimum atomic E-state index is 0.0991. The first-order chi connectivity index (χ1) is 56.9. The van der Waals surface area contributed by atoms with Crippen molar-refractivity contribution in [2.45, 2.75) is 67.2 Å². The molecule has 0 radical (unpaired) electrons. The number of rotatable bonds is 24. The molecule has 0 saturated heterocycles. The Labute approximate surface area is 671 Å². The molecule has 25 heteroatoms. The van der Waals surface area contributed by atoms with Crippen LogP contribution in [-0.4, -0.2) is 143 Å². The quantitative estimate of drug-likeness (QED) is 0.0276. The van der Waals surface area contributed by atoms with E-state index in [2.05, 4.69) is 188 Å². The zero-order valence-electron chi connectivity index (χ0n) is 65.2. The van der Waals surface area contributed by atoms with Gasteiger partial charge in [-0.1, -0.05) is 177 Å². The van der Waals surface area contributed by atoms with Crippen molar-refractivity contribution in [1.82, 2.24) is 89.6 Å². The minimum Gasteiger partial charge on any atom is -0.486 e. The van der Waals surface area contributed by atoms with E-state index in [0.717, 1.165) is 97.5 Å². The first kappa shape index (κ1) is 79.1. The number of aliphatic hydroxyl groups excluding tert-OH is 3. The predicted octanol–water partition coefficient (Wildman–Crippen LogP) is 13.5. The topological polar surface area (TPSA) is 321 Å². The molecule has 1 aliphatic heterocycles. The number of aliphatic hydroxyl groups is 3. The lowest BCUT2D eigenvalue weighted by Crippen LogP contribution is -2.19. The van der Waals surface area contributed by atoms with Crippen LogP contribution in [0.2, 0.25) is 0 Å². The molecule has 8 aromatic carbocycles. The molecule has 582 valence electrons. The average Bonchev–Trinajstić information content (AvgIpc) is 1.55. The van der Waals surface area contributed by atoms with E-state index in [9.17, 15) is 10.5 Å². The second-order valence-corrected chi connectivity index (χ2v) is 27.6. The number of aryl methyl sites for hydroxylation is 1. The monoisotopic (exact) mass is 1540 g/mol. The van der Waals surface area contributed by atoms with Gasteiger partial charge in [0.05, 0.1) is 60.4 Å². The smallest absolute Gasteiger partial charge is 0.251 e. The van der Waals surface area contributed by atoms with E-state index in [1.807, 2.05) is 139 Å². The molecule has 25 nitrogen and oxygen atoms in total. The highest BCUT2D eigenvalue weighted by atomic mass is 16.6. The summed E-state index contributed by atoms with van der Waals surface area (Å²) in [5, 5.41) is 77.8. The fourth-order valence-corrected chi connectivity index (χ4v) is 13.9. The van der Waals surface area contributed by atoms with Crippen molar-refractivity contribution in [3.05, 3.63) is 287 Å². The van der Waals surface area contributed by atoms with Gasteiger partial charge in [-0.05, 0) is 138 Å². The number of hydrogen-bond acceptors (Lipinski definition) is 21. The van der Waals surface area contributed by atoms with Crippen LogP contribution in [0.1, 0.15) is 69.5 Å². The highest BCUT2D eigenvalue weighted by Gasteiger charge is 2.22. The van der Waals surface area contributed by atoms with Gasteiger partial charge >= 0.3 is 0 Å².